The smallest absolute Gasteiger partial charge is 0.220 e. The third-order valence-corrected chi connectivity index (χ3v) is 4.88. The minimum atomic E-state index is -0.00541. The van der Waals surface area contributed by atoms with Crippen LogP contribution in [0.1, 0.15) is 36.4 Å². The summed E-state index contributed by atoms with van der Waals surface area (Å²) >= 11 is 0. The Morgan fingerprint density at radius 1 is 0.909 bits per heavy atom. The van der Waals surface area contributed by atoms with Crippen LogP contribution in [-0.4, -0.2) is 28.1 Å². The predicted molar refractivity (Wildman–Crippen MR) is 87.7 cm³/mol. The molecule has 112 valence electrons. The molecule has 1 saturated heterocycles. The molecule has 2 unspecified atom stereocenters. The van der Waals surface area contributed by atoms with Crippen LogP contribution in [0, 0.1) is 5.21 Å². The van der Waals surface area contributed by atoms with Gasteiger partial charge in [0.2, 0.25) is 11.9 Å². The van der Waals surface area contributed by atoms with Crippen molar-refractivity contribution in [3.63, 3.8) is 0 Å². The summed E-state index contributed by atoms with van der Waals surface area (Å²) in [7, 11) is 0. The van der Waals surface area contributed by atoms with E-state index < -0.39 is 0 Å². The number of benzene rings is 2. The molecule has 0 spiro atoms. The first kappa shape index (κ1) is 13.5. The molecule has 3 nitrogen and oxygen atoms in total. The Kier molecular flexibility index (Phi) is 3.43. The quantitative estimate of drug-likeness (QED) is 0.625. The van der Waals surface area contributed by atoms with E-state index >= 15 is 0 Å². The molecular formula is C19H20N2O. The summed E-state index contributed by atoms with van der Waals surface area (Å²) in [5.41, 5.74) is 3.29. The second-order valence-corrected chi connectivity index (χ2v) is 6.15. The first-order chi connectivity index (χ1) is 10.8. The molecule has 22 heavy (non-hydrogen) atoms. The molecule has 1 fully saturated rings. The van der Waals surface area contributed by atoms with E-state index in [4.69, 9.17) is 0 Å². The first-order valence-electron chi connectivity index (χ1n) is 8.03. The molecule has 0 saturated carbocycles. The molecule has 2 aromatic rings. The van der Waals surface area contributed by atoms with Gasteiger partial charge in [-0.2, -0.15) is 4.74 Å². The topological polar surface area (TPSA) is 29.3 Å². The molecule has 0 amide bonds. The number of rotatable bonds is 2. The molecule has 2 atom stereocenters. The lowest BCUT2D eigenvalue weighted by atomic mass is 9.94. The second kappa shape index (κ2) is 5.58. The fourth-order valence-electron chi connectivity index (χ4n) is 3.81. The molecule has 2 aliphatic heterocycles. The van der Waals surface area contributed by atoms with Gasteiger partial charge in [-0.1, -0.05) is 48.5 Å². The van der Waals surface area contributed by atoms with Crippen LogP contribution in [0.4, 0.5) is 0 Å². The van der Waals surface area contributed by atoms with Gasteiger partial charge in [-0.05, 0) is 30.5 Å². The lowest BCUT2D eigenvalue weighted by molar-refractivity contribution is -0.521. The van der Waals surface area contributed by atoms with Crippen molar-refractivity contribution in [2.45, 2.75) is 31.5 Å². The van der Waals surface area contributed by atoms with Crippen molar-refractivity contribution in [3.05, 3.63) is 77.0 Å². The summed E-state index contributed by atoms with van der Waals surface area (Å²) < 4.78 is 1.25. The Balaban J connectivity index is 1.67. The maximum absolute atomic E-state index is 12.8. The average Bonchev–Trinajstić information content (AvgIpc) is 2.94. The van der Waals surface area contributed by atoms with Crippen LogP contribution in [0.5, 0.6) is 0 Å². The Labute approximate surface area is 131 Å². The molecule has 2 aromatic carbocycles. The van der Waals surface area contributed by atoms with Crippen molar-refractivity contribution >= 4 is 5.71 Å². The number of fused-ring (bicyclic) bond motifs is 1. The standard InChI is InChI=1S/C19H20N2O/c22-21-18(16-10-5-2-6-11-16)14-20-17(12-7-13-19(20)21)15-8-3-1-4-9-15/h1-6,8-11,17,19H,7,12-14H2. The van der Waals surface area contributed by atoms with Gasteiger partial charge in [0.15, 0.2) is 0 Å². The molecule has 0 aliphatic carbocycles. The van der Waals surface area contributed by atoms with Crippen molar-refractivity contribution < 1.29 is 4.74 Å². The van der Waals surface area contributed by atoms with Crippen LogP contribution in [0.15, 0.2) is 60.7 Å². The maximum Gasteiger partial charge on any atom is 0.220 e. The molecule has 0 N–H and O–H groups in total. The summed E-state index contributed by atoms with van der Waals surface area (Å²) in [4.78, 5) is 2.38. The molecule has 0 bridgehead atoms. The van der Waals surface area contributed by atoms with E-state index in [2.05, 4.69) is 35.2 Å². The van der Waals surface area contributed by atoms with Gasteiger partial charge in [-0.3, -0.25) is 0 Å². The lowest BCUT2D eigenvalue weighted by Gasteiger charge is -2.35. The summed E-state index contributed by atoms with van der Waals surface area (Å²) in [6.45, 7) is 0.748. The van der Waals surface area contributed by atoms with Crippen molar-refractivity contribution in [1.29, 1.82) is 0 Å². The van der Waals surface area contributed by atoms with E-state index in [1.54, 1.807) is 0 Å². The highest BCUT2D eigenvalue weighted by molar-refractivity contribution is 5.99. The van der Waals surface area contributed by atoms with E-state index in [-0.39, 0.29) is 6.17 Å². The van der Waals surface area contributed by atoms with Crippen molar-refractivity contribution in [1.82, 2.24) is 4.90 Å². The first-order valence-corrected chi connectivity index (χ1v) is 8.03. The SMILES string of the molecule is [O-][N+]1=C(c2ccccc2)CN2C(c3ccccc3)CCCC21. The van der Waals surface area contributed by atoms with Gasteiger partial charge in [0.05, 0.1) is 6.54 Å². The minimum absolute atomic E-state index is 0.00541. The molecule has 2 heterocycles. The molecule has 0 radical (unpaired) electrons. The Morgan fingerprint density at radius 3 is 2.32 bits per heavy atom. The highest BCUT2D eigenvalue weighted by Gasteiger charge is 2.43. The summed E-state index contributed by atoms with van der Waals surface area (Å²) in [5, 5.41) is 12.8. The van der Waals surface area contributed by atoms with E-state index in [1.165, 1.54) is 10.3 Å². The zero-order valence-electron chi connectivity index (χ0n) is 12.6. The van der Waals surface area contributed by atoms with E-state index in [9.17, 15) is 5.21 Å². The van der Waals surface area contributed by atoms with Gasteiger partial charge in [0.25, 0.3) is 0 Å². The fourth-order valence-corrected chi connectivity index (χ4v) is 3.81. The fraction of sp³-hybridized carbons (Fsp3) is 0.316. The minimum Gasteiger partial charge on any atom is -0.622 e. The van der Waals surface area contributed by atoms with Gasteiger partial charge in [-0.25, -0.2) is 4.90 Å². The van der Waals surface area contributed by atoms with Crippen LogP contribution in [0.2, 0.25) is 0 Å². The number of hydrogen-bond acceptors (Lipinski definition) is 2. The number of hydrogen-bond donors (Lipinski definition) is 0. The third-order valence-electron chi connectivity index (χ3n) is 4.88. The second-order valence-electron chi connectivity index (χ2n) is 6.15. The summed E-state index contributed by atoms with van der Waals surface area (Å²) in [6, 6.07) is 21.0. The lowest BCUT2D eigenvalue weighted by Crippen LogP contribution is -2.41. The molecule has 4 rings (SSSR count). The Hall–Kier alpha value is -2.13. The number of hydroxylamine groups is 1. The van der Waals surface area contributed by atoms with Crippen molar-refractivity contribution in [2.75, 3.05) is 6.54 Å². The Morgan fingerprint density at radius 2 is 1.59 bits per heavy atom. The average molecular weight is 292 g/mol. The van der Waals surface area contributed by atoms with Crippen LogP contribution < -0.4 is 0 Å². The highest BCUT2D eigenvalue weighted by Crippen LogP contribution is 2.37. The van der Waals surface area contributed by atoms with E-state index in [0.717, 1.165) is 37.1 Å². The van der Waals surface area contributed by atoms with Crippen LogP contribution >= 0.6 is 0 Å². The van der Waals surface area contributed by atoms with Crippen LogP contribution in [0.3, 0.4) is 0 Å². The van der Waals surface area contributed by atoms with Gasteiger partial charge in [0.1, 0.15) is 0 Å². The van der Waals surface area contributed by atoms with Crippen molar-refractivity contribution in [3.8, 4) is 0 Å². The third kappa shape index (κ3) is 2.22. The maximum atomic E-state index is 12.8. The predicted octanol–water partition coefficient (Wildman–Crippen LogP) is 3.55. The van der Waals surface area contributed by atoms with Gasteiger partial charge in [0, 0.05) is 18.0 Å². The number of piperidine rings is 1. The monoisotopic (exact) mass is 292 g/mol. The summed E-state index contributed by atoms with van der Waals surface area (Å²) in [5.74, 6) is 0. The number of nitrogens with zero attached hydrogens (tertiary/aromatic N) is 2. The van der Waals surface area contributed by atoms with Crippen molar-refractivity contribution in [2.24, 2.45) is 0 Å². The zero-order chi connectivity index (χ0) is 14.9. The largest absolute Gasteiger partial charge is 0.622 e. The summed E-state index contributed by atoms with van der Waals surface area (Å²) in [6.07, 6.45) is 3.20. The van der Waals surface area contributed by atoms with E-state index in [1.807, 2.05) is 30.3 Å². The van der Waals surface area contributed by atoms with Gasteiger partial charge < -0.3 is 5.21 Å². The van der Waals surface area contributed by atoms with E-state index in [0.29, 0.717) is 6.04 Å². The Bertz CT molecular complexity index is 681. The highest BCUT2D eigenvalue weighted by atomic mass is 16.5. The zero-order valence-corrected chi connectivity index (χ0v) is 12.6. The normalized spacial score (nSPS) is 25.3. The molecular weight excluding hydrogens is 272 g/mol. The van der Waals surface area contributed by atoms with Gasteiger partial charge in [-0.15, -0.1) is 0 Å². The van der Waals surface area contributed by atoms with Crippen LogP contribution in [-0.2, 0) is 0 Å². The molecule has 2 aliphatic rings. The van der Waals surface area contributed by atoms with Gasteiger partial charge >= 0.3 is 0 Å². The molecule has 0 aromatic heterocycles. The molecule has 3 heteroatoms. The van der Waals surface area contributed by atoms with Crippen LogP contribution in [0.25, 0.3) is 0 Å².